The number of nitrogens with one attached hydrogen (secondary N) is 2. The first-order valence-electron chi connectivity index (χ1n) is 12.5. The highest BCUT2D eigenvalue weighted by molar-refractivity contribution is 5.81. The number of alkyl carbamates (subject to hydrolysis) is 1. The SMILES string of the molecule is CC(CC(=O)NC1CCCC1C(=O)O)(NC(=O)OCC1c2ccccc2-c2ccccc21)C1CC1. The van der Waals surface area contributed by atoms with E-state index in [4.69, 9.17) is 4.74 Å². The van der Waals surface area contributed by atoms with E-state index in [1.54, 1.807) is 0 Å². The molecule has 2 saturated carbocycles. The van der Waals surface area contributed by atoms with Gasteiger partial charge in [0.1, 0.15) is 6.61 Å². The number of carbonyl (C=O) groups excluding carboxylic acids is 2. The van der Waals surface area contributed by atoms with Gasteiger partial charge in [-0.05, 0) is 60.8 Å². The van der Waals surface area contributed by atoms with Crippen LogP contribution in [0.3, 0.4) is 0 Å². The number of carboxylic acid groups (broad SMARTS) is 1. The van der Waals surface area contributed by atoms with E-state index in [-0.39, 0.29) is 36.8 Å². The number of fused-ring (bicyclic) bond motifs is 3. The Morgan fingerprint density at radius 3 is 2.20 bits per heavy atom. The van der Waals surface area contributed by atoms with Crippen molar-refractivity contribution in [3.63, 3.8) is 0 Å². The van der Waals surface area contributed by atoms with Gasteiger partial charge in [0.15, 0.2) is 0 Å². The second-order valence-corrected chi connectivity index (χ2v) is 10.4. The van der Waals surface area contributed by atoms with Gasteiger partial charge in [-0.15, -0.1) is 0 Å². The molecular weight excluding hydrogens is 444 g/mol. The summed E-state index contributed by atoms with van der Waals surface area (Å²) in [5, 5.41) is 15.3. The Balaban J connectivity index is 1.21. The Morgan fingerprint density at radius 1 is 0.971 bits per heavy atom. The van der Waals surface area contributed by atoms with Gasteiger partial charge in [-0.3, -0.25) is 9.59 Å². The second kappa shape index (κ2) is 9.36. The molecule has 0 spiro atoms. The summed E-state index contributed by atoms with van der Waals surface area (Å²) in [6.07, 6.45) is 3.49. The van der Waals surface area contributed by atoms with E-state index in [1.807, 2.05) is 31.2 Å². The Hall–Kier alpha value is -3.35. The number of hydrogen-bond donors (Lipinski definition) is 3. The summed E-state index contributed by atoms with van der Waals surface area (Å²) < 4.78 is 5.72. The normalized spacial score (nSPS) is 22.5. The van der Waals surface area contributed by atoms with Crippen molar-refractivity contribution in [1.82, 2.24) is 10.6 Å². The van der Waals surface area contributed by atoms with Crippen molar-refractivity contribution in [2.24, 2.45) is 11.8 Å². The van der Waals surface area contributed by atoms with E-state index in [0.29, 0.717) is 12.8 Å². The van der Waals surface area contributed by atoms with Crippen LogP contribution in [0, 0.1) is 11.8 Å². The lowest BCUT2D eigenvalue weighted by Gasteiger charge is -2.31. The standard InChI is InChI=1S/C28H32N2O5/c1-28(17-13-14-17,15-25(31)29-24-12-6-11-22(24)26(32)33)30-27(34)35-16-23-20-9-4-2-7-18(20)19-8-3-5-10-21(19)23/h2-5,7-10,17,22-24H,6,11-16H2,1H3,(H,29,31)(H,30,34)(H,32,33). The molecule has 184 valence electrons. The number of carbonyl (C=O) groups is 3. The third kappa shape index (κ3) is 4.77. The maximum absolute atomic E-state index is 12.9. The van der Waals surface area contributed by atoms with Gasteiger partial charge >= 0.3 is 12.1 Å². The van der Waals surface area contributed by atoms with E-state index in [0.717, 1.165) is 30.4 Å². The molecule has 0 bridgehead atoms. The summed E-state index contributed by atoms with van der Waals surface area (Å²) in [6, 6.07) is 16.0. The van der Waals surface area contributed by atoms with Gasteiger partial charge in [-0.25, -0.2) is 4.79 Å². The van der Waals surface area contributed by atoms with Crippen molar-refractivity contribution in [2.45, 2.75) is 62.9 Å². The third-order valence-corrected chi connectivity index (χ3v) is 7.92. The number of ether oxygens (including phenoxy) is 1. The third-order valence-electron chi connectivity index (χ3n) is 7.92. The summed E-state index contributed by atoms with van der Waals surface area (Å²) in [5.74, 6) is -1.46. The Morgan fingerprint density at radius 2 is 1.60 bits per heavy atom. The molecule has 3 unspecified atom stereocenters. The van der Waals surface area contributed by atoms with Crippen molar-refractivity contribution < 1.29 is 24.2 Å². The number of carboxylic acids is 1. The van der Waals surface area contributed by atoms with Gasteiger partial charge < -0.3 is 20.5 Å². The number of rotatable bonds is 8. The largest absolute Gasteiger partial charge is 0.481 e. The van der Waals surface area contributed by atoms with Crippen LogP contribution in [0.2, 0.25) is 0 Å². The van der Waals surface area contributed by atoms with Crippen LogP contribution >= 0.6 is 0 Å². The highest BCUT2D eigenvalue weighted by Gasteiger charge is 2.45. The van der Waals surface area contributed by atoms with Gasteiger partial charge in [0.2, 0.25) is 5.91 Å². The molecule has 5 rings (SSSR count). The zero-order chi connectivity index (χ0) is 24.6. The Bertz CT molecular complexity index is 1100. The van der Waals surface area contributed by atoms with Gasteiger partial charge in [0, 0.05) is 18.4 Å². The molecular formula is C28H32N2O5. The first-order valence-corrected chi connectivity index (χ1v) is 12.5. The number of hydrogen-bond acceptors (Lipinski definition) is 4. The lowest BCUT2D eigenvalue weighted by molar-refractivity contribution is -0.142. The van der Waals surface area contributed by atoms with Crippen LogP contribution in [0.1, 0.15) is 62.5 Å². The van der Waals surface area contributed by atoms with Crippen LogP contribution in [0.25, 0.3) is 11.1 Å². The minimum Gasteiger partial charge on any atom is -0.481 e. The van der Waals surface area contributed by atoms with Crippen LogP contribution in [-0.4, -0.2) is 41.3 Å². The number of aliphatic carboxylic acids is 1. The van der Waals surface area contributed by atoms with Crippen LogP contribution in [0.4, 0.5) is 4.79 Å². The smallest absolute Gasteiger partial charge is 0.407 e. The minimum absolute atomic E-state index is 0.0288. The van der Waals surface area contributed by atoms with Crippen molar-refractivity contribution in [3.8, 4) is 11.1 Å². The van der Waals surface area contributed by atoms with Gasteiger partial charge in [-0.2, -0.15) is 0 Å². The van der Waals surface area contributed by atoms with Gasteiger partial charge in [0.05, 0.1) is 11.5 Å². The molecule has 0 heterocycles. The van der Waals surface area contributed by atoms with Crippen molar-refractivity contribution >= 4 is 18.0 Å². The van der Waals surface area contributed by atoms with E-state index in [2.05, 4.69) is 34.9 Å². The molecule has 0 saturated heterocycles. The van der Waals surface area contributed by atoms with Crippen LogP contribution < -0.4 is 10.6 Å². The van der Waals surface area contributed by atoms with E-state index < -0.39 is 23.5 Å². The molecule has 3 aliphatic carbocycles. The fourth-order valence-electron chi connectivity index (χ4n) is 5.90. The molecule has 0 aromatic heterocycles. The highest BCUT2D eigenvalue weighted by Crippen LogP contribution is 2.45. The highest BCUT2D eigenvalue weighted by atomic mass is 16.5. The topological polar surface area (TPSA) is 105 Å². The summed E-state index contributed by atoms with van der Waals surface area (Å²) in [5.41, 5.74) is 3.90. The fraction of sp³-hybridized carbons (Fsp3) is 0.464. The zero-order valence-electron chi connectivity index (χ0n) is 20.0. The minimum atomic E-state index is -0.866. The van der Waals surface area contributed by atoms with Gasteiger partial charge in [0.25, 0.3) is 0 Å². The summed E-state index contributed by atoms with van der Waals surface area (Å²) in [6.45, 7) is 2.10. The molecule has 7 nitrogen and oxygen atoms in total. The van der Waals surface area contributed by atoms with Crippen molar-refractivity contribution in [3.05, 3.63) is 59.7 Å². The quantitative estimate of drug-likeness (QED) is 0.522. The monoisotopic (exact) mass is 476 g/mol. The van der Waals surface area contributed by atoms with Crippen molar-refractivity contribution in [2.75, 3.05) is 6.61 Å². The first-order chi connectivity index (χ1) is 16.9. The van der Waals surface area contributed by atoms with E-state index in [1.165, 1.54) is 11.1 Å². The molecule has 0 radical (unpaired) electrons. The summed E-state index contributed by atoms with van der Waals surface area (Å²) in [7, 11) is 0. The van der Waals surface area contributed by atoms with Crippen LogP contribution in [0.15, 0.2) is 48.5 Å². The molecule has 2 aromatic carbocycles. The zero-order valence-corrected chi connectivity index (χ0v) is 20.0. The van der Waals surface area contributed by atoms with Crippen LogP contribution in [0.5, 0.6) is 0 Å². The molecule has 35 heavy (non-hydrogen) atoms. The predicted octanol–water partition coefficient (Wildman–Crippen LogP) is 4.45. The van der Waals surface area contributed by atoms with E-state index >= 15 is 0 Å². The first kappa shape index (κ1) is 23.4. The maximum atomic E-state index is 12.9. The lowest BCUT2D eigenvalue weighted by atomic mass is 9.91. The molecule has 3 aliphatic rings. The molecule has 3 atom stereocenters. The van der Waals surface area contributed by atoms with Crippen LogP contribution in [-0.2, 0) is 14.3 Å². The molecule has 0 aliphatic heterocycles. The summed E-state index contributed by atoms with van der Waals surface area (Å²) in [4.78, 5) is 37.2. The van der Waals surface area contributed by atoms with Crippen molar-refractivity contribution in [1.29, 1.82) is 0 Å². The second-order valence-electron chi connectivity index (χ2n) is 10.4. The van der Waals surface area contributed by atoms with E-state index in [9.17, 15) is 19.5 Å². The summed E-state index contributed by atoms with van der Waals surface area (Å²) >= 11 is 0. The molecule has 2 fully saturated rings. The molecule has 3 N–H and O–H groups in total. The average molecular weight is 477 g/mol. The Labute approximate surface area is 205 Å². The van der Waals surface area contributed by atoms with Gasteiger partial charge in [-0.1, -0.05) is 55.0 Å². The Kier molecular flexibility index (Phi) is 6.26. The number of amides is 2. The lowest BCUT2D eigenvalue weighted by Crippen LogP contribution is -2.52. The molecule has 2 aromatic rings. The number of benzene rings is 2. The predicted molar refractivity (Wildman–Crippen MR) is 131 cm³/mol. The average Bonchev–Trinajstić information content (AvgIpc) is 3.52. The maximum Gasteiger partial charge on any atom is 0.407 e. The molecule has 2 amide bonds. The fourth-order valence-corrected chi connectivity index (χ4v) is 5.90. The molecule has 7 heteroatoms.